The summed E-state index contributed by atoms with van der Waals surface area (Å²) in [7, 11) is 6.84. The number of likely N-dealkylation sites (N-methyl/N-ethyl adjacent to an activating group) is 1. The van der Waals surface area contributed by atoms with Crippen LogP contribution in [-0.2, 0) is 38.0 Å². The molecule has 3 saturated heterocycles. The molecule has 0 aliphatic carbocycles. The van der Waals surface area contributed by atoms with Crippen LogP contribution in [0.5, 0.6) is 0 Å². The first kappa shape index (κ1) is 45.1. The van der Waals surface area contributed by atoms with Gasteiger partial charge in [0, 0.05) is 44.2 Å². The quantitative estimate of drug-likeness (QED) is 0.228. The SMILES string of the molecule is CC[C@H]1OC(=O)[C@H](C)[C@@H](O[C@H]2C[C@@](C)(OC)[C@@H](O)[C@H](C)O2)[C@H](C)[C@@H](O[C@@H]2O[C@H](C)C[C@H](N(C)C)[C@H]2O)[C@](C)(OC)C[C@@H](C)C(=N)[C@H](C)[C@@H](O)[C@]1(C)O. The van der Waals surface area contributed by atoms with Crippen LogP contribution < -0.4 is 0 Å². The average molecular weight is 747 g/mol. The van der Waals surface area contributed by atoms with Crippen molar-refractivity contribution in [3.63, 3.8) is 0 Å². The van der Waals surface area contributed by atoms with Gasteiger partial charge in [0.1, 0.15) is 23.9 Å². The van der Waals surface area contributed by atoms with Crippen molar-refractivity contribution < 1.29 is 58.4 Å². The van der Waals surface area contributed by atoms with Gasteiger partial charge < -0.3 is 63.9 Å². The third kappa shape index (κ3) is 9.38. The summed E-state index contributed by atoms with van der Waals surface area (Å²) in [6.07, 6.45) is -8.14. The highest BCUT2D eigenvalue weighted by atomic mass is 16.7. The first-order chi connectivity index (χ1) is 24.0. The van der Waals surface area contributed by atoms with E-state index < -0.39 is 102 Å². The second kappa shape index (κ2) is 17.7. The third-order valence-corrected chi connectivity index (χ3v) is 12.4. The number of nitrogens with one attached hydrogen (secondary N) is 1. The number of methoxy groups -OCH3 is 2. The normalized spacial score (nSPS) is 49.0. The van der Waals surface area contributed by atoms with E-state index in [-0.39, 0.29) is 37.1 Å². The molecule has 0 aromatic heterocycles. The third-order valence-electron chi connectivity index (χ3n) is 12.4. The number of ether oxygens (including phenoxy) is 7. The van der Waals surface area contributed by atoms with Gasteiger partial charge in [-0.25, -0.2) is 0 Å². The summed E-state index contributed by atoms with van der Waals surface area (Å²) in [5.41, 5.74) is -3.89. The Morgan fingerprint density at radius 3 is 2.02 bits per heavy atom. The molecular formula is C38H70N2O12. The van der Waals surface area contributed by atoms with Crippen LogP contribution in [0.25, 0.3) is 0 Å². The Morgan fingerprint density at radius 1 is 0.885 bits per heavy atom. The highest BCUT2D eigenvalue weighted by Gasteiger charge is 2.53. The molecule has 14 nitrogen and oxygen atoms in total. The number of aliphatic hydroxyl groups is 4. The highest BCUT2D eigenvalue weighted by Crippen LogP contribution is 2.41. The Kier molecular flexibility index (Phi) is 15.3. The Morgan fingerprint density at radius 2 is 1.48 bits per heavy atom. The molecule has 3 heterocycles. The maximum atomic E-state index is 14.2. The monoisotopic (exact) mass is 746 g/mol. The molecule has 0 spiro atoms. The van der Waals surface area contributed by atoms with Crippen molar-refractivity contribution in [2.45, 2.75) is 179 Å². The Hall–Kier alpha value is -1.30. The number of hydrogen-bond donors (Lipinski definition) is 5. The van der Waals surface area contributed by atoms with Gasteiger partial charge in [0.25, 0.3) is 0 Å². The predicted molar refractivity (Wildman–Crippen MR) is 194 cm³/mol. The average Bonchev–Trinajstić information content (AvgIpc) is 3.09. The zero-order valence-electron chi connectivity index (χ0n) is 34.0. The summed E-state index contributed by atoms with van der Waals surface area (Å²) in [4.78, 5) is 16.1. The van der Waals surface area contributed by atoms with Gasteiger partial charge in [-0.1, -0.05) is 27.7 Å². The summed E-state index contributed by atoms with van der Waals surface area (Å²) in [6, 6.07) is -0.263. The molecule has 3 aliphatic rings. The van der Waals surface area contributed by atoms with Crippen molar-refractivity contribution in [3.05, 3.63) is 0 Å². The standard InChI is InChI=1S/C38H70N2O12/c1-15-26-38(10,45)31(42)21(4)28(39)19(2)17-37(9,47-14)33(52-35-29(41)25(40(11)12)16-20(3)48-35)22(5)30(23(6)34(44)50-26)51-27-18-36(8,46-13)32(43)24(7)49-27/h19-27,29-33,35,39,41-43,45H,15-18H2,1-14H3/t19-,20-,21+,22+,23-,24+,25+,26-,27+,29-,30+,31-,32+,33-,35+,36-,37-,38-/m1/s1. The lowest BCUT2D eigenvalue weighted by atomic mass is 9.73. The maximum Gasteiger partial charge on any atom is 0.311 e. The molecule has 0 amide bonds. The van der Waals surface area contributed by atoms with Crippen molar-refractivity contribution in [2.24, 2.45) is 23.7 Å². The van der Waals surface area contributed by atoms with Crippen LogP contribution in [0.1, 0.15) is 94.9 Å². The molecular weight excluding hydrogens is 676 g/mol. The van der Waals surface area contributed by atoms with E-state index in [1.54, 1.807) is 41.7 Å². The summed E-state index contributed by atoms with van der Waals surface area (Å²) in [5.74, 6) is -3.61. The number of carbonyl (C=O) groups is 1. The molecule has 304 valence electrons. The number of rotatable bonds is 8. The van der Waals surface area contributed by atoms with Gasteiger partial charge in [0.15, 0.2) is 12.6 Å². The fourth-order valence-electron chi connectivity index (χ4n) is 8.61. The fourth-order valence-corrected chi connectivity index (χ4v) is 8.61. The lowest BCUT2D eigenvalue weighted by molar-refractivity contribution is -0.319. The van der Waals surface area contributed by atoms with Crippen molar-refractivity contribution >= 4 is 11.7 Å². The molecule has 5 N–H and O–H groups in total. The molecule has 0 radical (unpaired) electrons. The molecule has 3 aliphatic heterocycles. The van der Waals surface area contributed by atoms with Crippen LogP contribution in [0.15, 0.2) is 0 Å². The van der Waals surface area contributed by atoms with Crippen molar-refractivity contribution in [2.75, 3.05) is 28.3 Å². The van der Waals surface area contributed by atoms with Crippen LogP contribution in [0.3, 0.4) is 0 Å². The van der Waals surface area contributed by atoms with E-state index in [1.165, 1.54) is 14.0 Å². The summed E-state index contributed by atoms with van der Waals surface area (Å²) in [6.45, 7) is 17.5. The van der Waals surface area contributed by atoms with Crippen LogP contribution in [0.2, 0.25) is 0 Å². The number of carbonyl (C=O) groups excluding carboxylic acids is 1. The van der Waals surface area contributed by atoms with Gasteiger partial charge in [0.05, 0.1) is 47.6 Å². The smallest absolute Gasteiger partial charge is 0.311 e. The van der Waals surface area contributed by atoms with E-state index in [4.69, 9.17) is 38.6 Å². The molecule has 3 rings (SSSR count). The lowest BCUT2D eigenvalue weighted by Crippen LogP contribution is -2.61. The molecule has 0 aromatic rings. The van der Waals surface area contributed by atoms with Gasteiger partial charge in [0.2, 0.25) is 0 Å². The number of aliphatic hydroxyl groups excluding tert-OH is 3. The van der Waals surface area contributed by atoms with Gasteiger partial charge in [-0.3, -0.25) is 4.79 Å². The summed E-state index contributed by atoms with van der Waals surface area (Å²) >= 11 is 0. The lowest BCUT2D eigenvalue weighted by Gasteiger charge is -2.50. The number of hydrogen-bond acceptors (Lipinski definition) is 14. The number of esters is 1. The Labute approximate surface area is 311 Å². The summed E-state index contributed by atoms with van der Waals surface area (Å²) in [5, 5.41) is 54.9. The molecule has 18 atom stereocenters. The second-order valence-corrected chi connectivity index (χ2v) is 16.7. The number of nitrogens with zero attached hydrogens (tertiary/aromatic N) is 1. The number of cyclic esters (lactones) is 1. The predicted octanol–water partition coefficient (Wildman–Crippen LogP) is 2.89. The molecule has 0 bridgehead atoms. The maximum absolute atomic E-state index is 14.2. The van der Waals surface area contributed by atoms with Gasteiger partial charge in [-0.15, -0.1) is 0 Å². The molecule has 14 heteroatoms. The highest BCUT2D eigenvalue weighted by molar-refractivity contribution is 5.86. The minimum absolute atomic E-state index is 0.143. The minimum atomic E-state index is -1.88. The molecule has 0 aromatic carbocycles. The van der Waals surface area contributed by atoms with E-state index in [1.807, 2.05) is 46.7 Å². The van der Waals surface area contributed by atoms with Crippen molar-refractivity contribution in [1.82, 2.24) is 4.90 Å². The van der Waals surface area contributed by atoms with E-state index in [0.717, 1.165) is 0 Å². The summed E-state index contributed by atoms with van der Waals surface area (Å²) < 4.78 is 44.1. The molecule has 52 heavy (non-hydrogen) atoms. The Bertz CT molecular complexity index is 1190. The van der Waals surface area contributed by atoms with E-state index in [9.17, 15) is 25.2 Å². The second-order valence-electron chi connectivity index (χ2n) is 16.7. The van der Waals surface area contributed by atoms with Crippen LogP contribution in [0, 0.1) is 29.1 Å². The van der Waals surface area contributed by atoms with E-state index in [0.29, 0.717) is 6.42 Å². The zero-order valence-corrected chi connectivity index (χ0v) is 34.0. The van der Waals surface area contributed by atoms with Crippen LogP contribution in [0.4, 0.5) is 0 Å². The minimum Gasteiger partial charge on any atom is -0.459 e. The fraction of sp³-hybridized carbons (Fsp3) is 0.947. The topological polar surface area (TPSA) is 190 Å². The molecule has 3 fully saturated rings. The van der Waals surface area contributed by atoms with Gasteiger partial charge >= 0.3 is 5.97 Å². The molecule has 0 saturated carbocycles. The van der Waals surface area contributed by atoms with Gasteiger partial charge in [-0.2, -0.15) is 0 Å². The van der Waals surface area contributed by atoms with Crippen LogP contribution >= 0.6 is 0 Å². The van der Waals surface area contributed by atoms with Crippen LogP contribution in [-0.4, -0.2) is 150 Å². The largest absolute Gasteiger partial charge is 0.459 e. The van der Waals surface area contributed by atoms with E-state index >= 15 is 0 Å². The zero-order chi connectivity index (χ0) is 39.7. The van der Waals surface area contributed by atoms with Crippen molar-refractivity contribution in [1.29, 1.82) is 5.41 Å². The first-order valence-corrected chi connectivity index (χ1v) is 18.9. The van der Waals surface area contributed by atoms with Gasteiger partial charge in [-0.05, 0) is 80.8 Å². The molecule has 0 unspecified atom stereocenters. The first-order valence-electron chi connectivity index (χ1n) is 18.9. The Balaban J connectivity index is 2.22. The van der Waals surface area contributed by atoms with E-state index in [2.05, 4.69) is 0 Å². The van der Waals surface area contributed by atoms with Crippen molar-refractivity contribution in [3.8, 4) is 0 Å².